The Bertz CT molecular complexity index is 794. The van der Waals surface area contributed by atoms with Crippen molar-refractivity contribution in [3.8, 4) is 11.3 Å². The first-order chi connectivity index (χ1) is 10.7. The smallest absolute Gasteiger partial charge is 0.173 e. The lowest BCUT2D eigenvalue weighted by Crippen LogP contribution is -2.18. The highest BCUT2D eigenvalue weighted by Crippen LogP contribution is 2.25. The molecule has 1 aromatic carbocycles. The quantitative estimate of drug-likeness (QED) is 0.716. The molecule has 22 heavy (non-hydrogen) atoms. The van der Waals surface area contributed by atoms with Crippen molar-refractivity contribution in [1.82, 2.24) is 19.7 Å². The topological polar surface area (TPSA) is 85.8 Å². The summed E-state index contributed by atoms with van der Waals surface area (Å²) in [6.45, 7) is 0. The molecule has 7 heteroatoms. The molecule has 3 rings (SSSR count). The minimum atomic E-state index is -1.19. The number of hydrogen-bond acceptors (Lipinski definition) is 6. The third-order valence-electron chi connectivity index (χ3n) is 3.24. The van der Waals surface area contributed by atoms with Crippen molar-refractivity contribution in [3.05, 3.63) is 42.7 Å². The molecule has 0 spiro atoms. The SMILES string of the molecule is CNc1nc(-c2ccc([S+]([O-])NC)cc2)cc2nccnc12. The van der Waals surface area contributed by atoms with Crippen LogP contribution in [-0.4, -0.2) is 33.6 Å². The zero-order chi connectivity index (χ0) is 15.5. The van der Waals surface area contributed by atoms with Crippen LogP contribution in [0.15, 0.2) is 47.6 Å². The van der Waals surface area contributed by atoms with Crippen LogP contribution >= 0.6 is 0 Å². The van der Waals surface area contributed by atoms with E-state index in [1.807, 2.05) is 30.3 Å². The number of nitrogens with one attached hydrogen (secondary N) is 2. The molecule has 0 radical (unpaired) electrons. The zero-order valence-electron chi connectivity index (χ0n) is 12.2. The summed E-state index contributed by atoms with van der Waals surface area (Å²) in [5, 5.41) is 3.05. The Hall–Kier alpha value is -2.22. The van der Waals surface area contributed by atoms with Gasteiger partial charge in [0, 0.05) is 32.1 Å². The molecule has 0 fully saturated rings. The van der Waals surface area contributed by atoms with Crippen molar-refractivity contribution in [2.24, 2.45) is 0 Å². The largest absolute Gasteiger partial charge is 0.593 e. The molecule has 0 aliphatic rings. The first-order valence-electron chi connectivity index (χ1n) is 6.72. The maximum Gasteiger partial charge on any atom is 0.173 e. The van der Waals surface area contributed by atoms with Gasteiger partial charge in [0.05, 0.1) is 22.6 Å². The Morgan fingerprint density at radius 3 is 2.45 bits per heavy atom. The molecule has 1 unspecified atom stereocenters. The van der Waals surface area contributed by atoms with Gasteiger partial charge in [0.1, 0.15) is 5.52 Å². The average Bonchev–Trinajstić information content (AvgIpc) is 2.60. The summed E-state index contributed by atoms with van der Waals surface area (Å²) in [5.74, 6) is 0.684. The van der Waals surface area contributed by atoms with E-state index in [0.29, 0.717) is 5.82 Å². The second-order valence-electron chi connectivity index (χ2n) is 4.53. The third-order valence-corrected chi connectivity index (χ3v) is 4.31. The minimum absolute atomic E-state index is 0.684. The standard InChI is InChI=1S/C15H15N5OS/c1-16-15-14-13(18-7-8-19-14)9-12(20-15)10-3-5-11(6-4-10)22(21)17-2/h3-9,17H,1-2H3,(H,16,20). The van der Waals surface area contributed by atoms with Crippen LogP contribution in [0.2, 0.25) is 0 Å². The Labute approximate surface area is 131 Å². The van der Waals surface area contributed by atoms with E-state index in [-0.39, 0.29) is 0 Å². The van der Waals surface area contributed by atoms with Gasteiger partial charge in [-0.3, -0.25) is 4.98 Å². The lowest BCUT2D eigenvalue weighted by molar-refractivity contribution is 0.587. The molecule has 0 bridgehead atoms. The third kappa shape index (κ3) is 2.74. The molecular formula is C15H15N5OS. The van der Waals surface area contributed by atoms with E-state index in [2.05, 4.69) is 25.0 Å². The fourth-order valence-electron chi connectivity index (χ4n) is 2.16. The van der Waals surface area contributed by atoms with Crippen LogP contribution in [0.25, 0.3) is 22.3 Å². The highest BCUT2D eigenvalue weighted by atomic mass is 32.2. The number of hydrogen-bond donors (Lipinski definition) is 2. The van der Waals surface area contributed by atoms with Crippen LogP contribution in [-0.2, 0) is 11.4 Å². The first-order valence-corrected chi connectivity index (χ1v) is 7.87. The van der Waals surface area contributed by atoms with E-state index in [4.69, 9.17) is 0 Å². The van der Waals surface area contributed by atoms with Crippen molar-refractivity contribution in [3.63, 3.8) is 0 Å². The zero-order valence-corrected chi connectivity index (χ0v) is 13.0. The van der Waals surface area contributed by atoms with Gasteiger partial charge in [-0.2, -0.15) is 0 Å². The van der Waals surface area contributed by atoms with E-state index < -0.39 is 11.4 Å². The minimum Gasteiger partial charge on any atom is -0.593 e. The van der Waals surface area contributed by atoms with Gasteiger partial charge in [-0.25, -0.2) is 9.97 Å². The molecule has 2 N–H and O–H groups in total. The predicted octanol–water partition coefficient (Wildman–Crippen LogP) is 1.98. The highest BCUT2D eigenvalue weighted by Gasteiger charge is 2.11. The van der Waals surface area contributed by atoms with Crippen LogP contribution in [0.4, 0.5) is 5.82 Å². The maximum atomic E-state index is 11.7. The fourth-order valence-corrected chi connectivity index (χ4v) is 2.78. The second-order valence-corrected chi connectivity index (χ2v) is 5.94. The van der Waals surface area contributed by atoms with Crippen LogP contribution in [0.5, 0.6) is 0 Å². The normalized spacial score (nSPS) is 12.3. The van der Waals surface area contributed by atoms with Crippen LogP contribution in [0, 0.1) is 0 Å². The Kier molecular flexibility index (Phi) is 4.19. The van der Waals surface area contributed by atoms with Crippen LogP contribution in [0.1, 0.15) is 0 Å². The monoisotopic (exact) mass is 313 g/mol. The van der Waals surface area contributed by atoms with Gasteiger partial charge in [-0.15, -0.1) is 4.72 Å². The van der Waals surface area contributed by atoms with Gasteiger partial charge in [0.25, 0.3) is 0 Å². The Morgan fingerprint density at radius 2 is 1.77 bits per heavy atom. The summed E-state index contributed by atoms with van der Waals surface area (Å²) in [6.07, 6.45) is 3.30. The maximum absolute atomic E-state index is 11.7. The average molecular weight is 313 g/mol. The number of nitrogens with zero attached hydrogens (tertiary/aromatic N) is 3. The fraction of sp³-hybridized carbons (Fsp3) is 0.133. The van der Waals surface area contributed by atoms with Gasteiger partial charge in [0.2, 0.25) is 0 Å². The molecule has 0 saturated carbocycles. The molecule has 0 saturated heterocycles. The van der Waals surface area contributed by atoms with Crippen LogP contribution in [0.3, 0.4) is 0 Å². The summed E-state index contributed by atoms with van der Waals surface area (Å²) < 4.78 is 14.4. The molecule has 0 amide bonds. The van der Waals surface area contributed by atoms with Gasteiger partial charge in [0.15, 0.2) is 10.7 Å². The van der Waals surface area contributed by atoms with Gasteiger partial charge < -0.3 is 9.87 Å². The second kappa shape index (κ2) is 6.27. The number of rotatable bonds is 4. The molecule has 6 nitrogen and oxygen atoms in total. The van der Waals surface area contributed by atoms with Gasteiger partial charge in [-0.05, 0) is 30.3 Å². The molecule has 112 valence electrons. The molecule has 3 aromatic rings. The number of pyridine rings is 1. The van der Waals surface area contributed by atoms with Gasteiger partial charge >= 0.3 is 0 Å². The summed E-state index contributed by atoms with van der Waals surface area (Å²) in [4.78, 5) is 13.9. The van der Waals surface area contributed by atoms with Crippen molar-refractivity contribution >= 4 is 28.2 Å². The Balaban J connectivity index is 2.06. The summed E-state index contributed by atoms with van der Waals surface area (Å²) in [6, 6.07) is 9.34. The van der Waals surface area contributed by atoms with Crippen molar-refractivity contribution < 1.29 is 4.55 Å². The van der Waals surface area contributed by atoms with Crippen molar-refractivity contribution in [1.29, 1.82) is 0 Å². The summed E-state index contributed by atoms with van der Waals surface area (Å²) in [7, 11) is 3.46. The number of benzene rings is 1. The van der Waals surface area contributed by atoms with Crippen LogP contribution < -0.4 is 10.0 Å². The Morgan fingerprint density at radius 1 is 1.05 bits per heavy atom. The lowest BCUT2D eigenvalue weighted by Gasteiger charge is -2.09. The molecule has 0 aliphatic carbocycles. The van der Waals surface area contributed by atoms with Gasteiger partial charge in [-0.1, -0.05) is 0 Å². The predicted molar refractivity (Wildman–Crippen MR) is 87.8 cm³/mol. The highest BCUT2D eigenvalue weighted by molar-refractivity contribution is 7.89. The lowest BCUT2D eigenvalue weighted by atomic mass is 10.1. The van der Waals surface area contributed by atoms with E-state index in [9.17, 15) is 4.55 Å². The number of anilines is 1. The molecular weight excluding hydrogens is 298 g/mol. The van der Waals surface area contributed by atoms with E-state index in [1.54, 1.807) is 26.5 Å². The van der Waals surface area contributed by atoms with E-state index >= 15 is 0 Å². The van der Waals surface area contributed by atoms with E-state index in [0.717, 1.165) is 27.2 Å². The summed E-state index contributed by atoms with van der Waals surface area (Å²) in [5.41, 5.74) is 3.24. The van der Waals surface area contributed by atoms with Crippen molar-refractivity contribution in [2.75, 3.05) is 19.4 Å². The van der Waals surface area contributed by atoms with Crippen molar-refractivity contribution in [2.45, 2.75) is 4.90 Å². The number of fused-ring (bicyclic) bond motifs is 1. The molecule has 1 atom stereocenters. The molecule has 2 heterocycles. The molecule has 0 aliphatic heterocycles. The number of aromatic nitrogens is 3. The first kappa shape index (κ1) is 14.7. The summed E-state index contributed by atoms with van der Waals surface area (Å²) >= 11 is -1.19. The van der Waals surface area contributed by atoms with E-state index in [1.165, 1.54) is 0 Å². The molecule has 2 aromatic heterocycles.